The minimum absolute atomic E-state index is 0.0648. The molecule has 3 atom stereocenters. The van der Waals surface area contributed by atoms with E-state index in [1.165, 1.54) is 25.7 Å². The molecule has 0 spiro atoms. The van der Waals surface area contributed by atoms with Crippen molar-refractivity contribution >= 4 is 21.8 Å². The van der Waals surface area contributed by atoms with Crippen LogP contribution >= 0.6 is 15.9 Å². The second-order valence-corrected chi connectivity index (χ2v) is 6.09. The van der Waals surface area contributed by atoms with Crippen LogP contribution in [0.1, 0.15) is 36.0 Å². The van der Waals surface area contributed by atoms with E-state index in [9.17, 15) is 4.79 Å². The summed E-state index contributed by atoms with van der Waals surface area (Å²) in [6.45, 7) is 0. The molecule has 0 radical (unpaired) electrons. The highest BCUT2D eigenvalue weighted by Crippen LogP contribution is 2.44. The van der Waals surface area contributed by atoms with Crippen LogP contribution in [0.4, 0.5) is 0 Å². The van der Waals surface area contributed by atoms with Gasteiger partial charge >= 0.3 is 0 Å². The van der Waals surface area contributed by atoms with Gasteiger partial charge in [0.2, 0.25) is 0 Å². The number of rotatable bonds is 2. The molecule has 2 bridgehead atoms. The Kier molecular flexibility index (Phi) is 2.95. The Labute approximate surface area is 110 Å². The largest absolute Gasteiger partial charge is 0.349 e. The normalized spacial score (nSPS) is 30.5. The molecule has 0 aliphatic heterocycles. The number of amides is 1. The first kappa shape index (κ1) is 11.3. The van der Waals surface area contributed by atoms with Gasteiger partial charge in [0.1, 0.15) is 0 Å². The topological polar surface area (TPSA) is 29.1 Å². The van der Waals surface area contributed by atoms with Gasteiger partial charge in [-0.05, 0) is 59.2 Å². The van der Waals surface area contributed by atoms with Gasteiger partial charge in [-0.15, -0.1) is 0 Å². The minimum atomic E-state index is 0.0648. The maximum absolute atomic E-state index is 12.2. The van der Waals surface area contributed by atoms with Crippen LogP contribution in [-0.2, 0) is 0 Å². The van der Waals surface area contributed by atoms with Crippen LogP contribution in [-0.4, -0.2) is 11.9 Å². The van der Waals surface area contributed by atoms with Crippen molar-refractivity contribution in [3.05, 3.63) is 34.3 Å². The third kappa shape index (κ3) is 2.13. The molecular formula is C14H16BrNO. The van der Waals surface area contributed by atoms with Crippen molar-refractivity contribution in [2.24, 2.45) is 11.8 Å². The highest BCUT2D eigenvalue weighted by molar-refractivity contribution is 9.10. The molecule has 1 amide bonds. The van der Waals surface area contributed by atoms with Crippen LogP contribution in [0.15, 0.2) is 28.7 Å². The summed E-state index contributed by atoms with van der Waals surface area (Å²) in [5, 5.41) is 3.20. The molecule has 1 N–H and O–H groups in total. The van der Waals surface area contributed by atoms with Crippen LogP contribution in [0.25, 0.3) is 0 Å². The van der Waals surface area contributed by atoms with Crippen LogP contribution in [0.5, 0.6) is 0 Å². The molecule has 2 aliphatic rings. The monoisotopic (exact) mass is 293 g/mol. The summed E-state index contributed by atoms with van der Waals surface area (Å²) in [6, 6.07) is 8.02. The Morgan fingerprint density at radius 3 is 2.71 bits per heavy atom. The van der Waals surface area contributed by atoms with Gasteiger partial charge in [-0.3, -0.25) is 4.79 Å². The summed E-state index contributed by atoms with van der Waals surface area (Å²) in [5.41, 5.74) is 0.746. The average Bonchev–Trinajstić information content (AvgIpc) is 2.91. The number of carbonyl (C=O) groups is 1. The van der Waals surface area contributed by atoms with Gasteiger partial charge in [0, 0.05) is 10.5 Å². The van der Waals surface area contributed by atoms with Gasteiger partial charge in [-0.25, -0.2) is 0 Å². The van der Waals surface area contributed by atoms with Crippen molar-refractivity contribution in [2.75, 3.05) is 0 Å². The standard InChI is InChI=1S/C14H16BrNO/c15-12-4-2-1-3-11(12)14(17)16-13-8-9-5-6-10(13)7-9/h1-4,9-10,13H,5-8H2,(H,16,17). The third-order valence-electron chi connectivity index (χ3n) is 4.17. The van der Waals surface area contributed by atoms with Crippen molar-refractivity contribution < 1.29 is 4.79 Å². The number of fused-ring (bicyclic) bond motifs is 2. The Hall–Kier alpha value is -0.830. The van der Waals surface area contributed by atoms with Crippen LogP contribution in [0, 0.1) is 11.8 Å². The number of nitrogens with one attached hydrogen (secondary N) is 1. The van der Waals surface area contributed by atoms with E-state index in [0.29, 0.717) is 6.04 Å². The summed E-state index contributed by atoms with van der Waals surface area (Å²) in [7, 11) is 0. The molecule has 2 nitrogen and oxygen atoms in total. The summed E-state index contributed by atoms with van der Waals surface area (Å²) in [4.78, 5) is 12.2. The molecule has 0 aromatic heterocycles. The second-order valence-electron chi connectivity index (χ2n) is 5.23. The van der Waals surface area contributed by atoms with Gasteiger partial charge in [0.25, 0.3) is 5.91 Å². The van der Waals surface area contributed by atoms with Gasteiger partial charge in [0.05, 0.1) is 5.56 Å². The molecule has 1 aromatic rings. The van der Waals surface area contributed by atoms with Crippen LogP contribution < -0.4 is 5.32 Å². The lowest BCUT2D eigenvalue weighted by molar-refractivity contribution is 0.0922. The predicted molar refractivity (Wildman–Crippen MR) is 70.8 cm³/mol. The molecule has 3 heteroatoms. The fourth-order valence-corrected chi connectivity index (χ4v) is 3.78. The van der Waals surface area contributed by atoms with Gasteiger partial charge in [0.15, 0.2) is 0 Å². The first-order valence-electron chi connectivity index (χ1n) is 6.29. The van der Waals surface area contributed by atoms with Crippen molar-refractivity contribution in [1.82, 2.24) is 5.32 Å². The molecule has 2 saturated carbocycles. The van der Waals surface area contributed by atoms with E-state index in [1.807, 2.05) is 24.3 Å². The van der Waals surface area contributed by atoms with Gasteiger partial charge in [-0.2, -0.15) is 0 Å². The van der Waals surface area contributed by atoms with E-state index in [1.54, 1.807) is 0 Å². The average molecular weight is 294 g/mol. The molecule has 2 aliphatic carbocycles. The molecular weight excluding hydrogens is 278 g/mol. The van der Waals surface area contributed by atoms with Crippen molar-refractivity contribution in [3.63, 3.8) is 0 Å². The van der Waals surface area contributed by atoms with E-state index in [-0.39, 0.29) is 5.91 Å². The summed E-state index contributed by atoms with van der Waals surface area (Å²) in [6.07, 6.45) is 5.17. The SMILES string of the molecule is O=C(NC1CC2CCC1C2)c1ccccc1Br. The van der Waals surface area contributed by atoms with Crippen molar-refractivity contribution in [1.29, 1.82) is 0 Å². The number of carbonyl (C=O) groups excluding carboxylic acids is 1. The second kappa shape index (κ2) is 4.45. The van der Waals surface area contributed by atoms with E-state index in [4.69, 9.17) is 0 Å². The van der Waals surface area contributed by atoms with Crippen LogP contribution in [0.3, 0.4) is 0 Å². The molecule has 1 aromatic carbocycles. The summed E-state index contributed by atoms with van der Waals surface area (Å²) in [5.74, 6) is 1.66. The fourth-order valence-electron chi connectivity index (χ4n) is 3.31. The first-order chi connectivity index (χ1) is 8.24. The van der Waals surface area contributed by atoms with Crippen molar-refractivity contribution in [2.45, 2.75) is 31.7 Å². The quantitative estimate of drug-likeness (QED) is 0.890. The summed E-state index contributed by atoms with van der Waals surface area (Å²) >= 11 is 3.43. The number of benzene rings is 1. The molecule has 0 saturated heterocycles. The van der Waals surface area contributed by atoms with E-state index >= 15 is 0 Å². The molecule has 17 heavy (non-hydrogen) atoms. The summed E-state index contributed by atoms with van der Waals surface area (Å²) < 4.78 is 0.876. The van der Waals surface area contributed by atoms with E-state index in [2.05, 4.69) is 21.2 Å². The van der Waals surface area contributed by atoms with Crippen molar-refractivity contribution in [3.8, 4) is 0 Å². The highest BCUT2D eigenvalue weighted by atomic mass is 79.9. The van der Waals surface area contributed by atoms with E-state index < -0.39 is 0 Å². The molecule has 90 valence electrons. The first-order valence-corrected chi connectivity index (χ1v) is 7.08. The fraction of sp³-hybridized carbons (Fsp3) is 0.500. The Morgan fingerprint density at radius 2 is 2.06 bits per heavy atom. The minimum Gasteiger partial charge on any atom is -0.349 e. The third-order valence-corrected chi connectivity index (χ3v) is 4.86. The maximum Gasteiger partial charge on any atom is 0.252 e. The lowest BCUT2D eigenvalue weighted by atomic mass is 9.95. The van der Waals surface area contributed by atoms with E-state index in [0.717, 1.165) is 21.9 Å². The zero-order valence-corrected chi connectivity index (χ0v) is 11.2. The smallest absolute Gasteiger partial charge is 0.252 e. The molecule has 3 rings (SSSR count). The number of hydrogen-bond acceptors (Lipinski definition) is 1. The van der Waals surface area contributed by atoms with Gasteiger partial charge in [-0.1, -0.05) is 18.6 Å². The highest BCUT2D eigenvalue weighted by Gasteiger charge is 2.40. The number of halogens is 1. The number of hydrogen-bond donors (Lipinski definition) is 1. The van der Waals surface area contributed by atoms with Gasteiger partial charge < -0.3 is 5.32 Å². The molecule has 3 unspecified atom stereocenters. The zero-order valence-electron chi connectivity index (χ0n) is 9.66. The lowest BCUT2D eigenvalue weighted by Gasteiger charge is -2.23. The maximum atomic E-state index is 12.2. The predicted octanol–water partition coefficient (Wildman–Crippen LogP) is 3.37. The lowest BCUT2D eigenvalue weighted by Crippen LogP contribution is -2.38. The van der Waals surface area contributed by atoms with Crippen LogP contribution in [0.2, 0.25) is 0 Å². The molecule has 0 heterocycles. The zero-order chi connectivity index (χ0) is 11.8. The Morgan fingerprint density at radius 1 is 1.24 bits per heavy atom. The Balaban J connectivity index is 1.70. The Bertz CT molecular complexity index is 446. The molecule has 2 fully saturated rings.